The standard InChI is InChI=1S/C49H65N5/c1-30-23-32(3)46-39(25-30)40-26-31(2)24-33(4)47(40)54(46)45-28-44(53-42-21-13-11-19-37(42)38-20-12-14-22-43(38)53)35(29-50)27-41(45)49-51-48(34-15-7-5-8-16-34)52(49)36-17-9-6-10-18-36/h5,7,13,21,23-24,27,30-31,34-36,39,44-46,48-49,51H,6,8-12,14-20,22,25-26,28H2,1-4H3. The molecule has 1 saturated carbocycles. The average Bonchev–Trinajstić information content (AvgIpc) is 3.68. The van der Waals surface area contributed by atoms with Gasteiger partial charge in [0.05, 0.1) is 42.4 Å². The zero-order chi connectivity index (χ0) is 36.7. The van der Waals surface area contributed by atoms with E-state index >= 15 is 0 Å². The van der Waals surface area contributed by atoms with Gasteiger partial charge in [0.15, 0.2) is 0 Å². The van der Waals surface area contributed by atoms with E-state index in [0.29, 0.717) is 41.9 Å². The van der Waals surface area contributed by atoms with Crippen LogP contribution in [0, 0.1) is 40.9 Å². The fourth-order valence-corrected chi connectivity index (χ4v) is 13.7. The van der Waals surface area contributed by atoms with Crippen LogP contribution in [0.2, 0.25) is 0 Å². The molecule has 54 heavy (non-hydrogen) atoms. The summed E-state index contributed by atoms with van der Waals surface area (Å²) in [5.74, 6) is 2.32. The van der Waals surface area contributed by atoms with E-state index in [0.717, 1.165) is 25.7 Å². The summed E-state index contributed by atoms with van der Waals surface area (Å²) in [6.07, 6.45) is 39.2. The van der Waals surface area contributed by atoms with Crippen LogP contribution in [0.3, 0.4) is 0 Å². The maximum Gasteiger partial charge on any atom is 0.0867 e. The van der Waals surface area contributed by atoms with Gasteiger partial charge in [-0.1, -0.05) is 75.1 Å². The summed E-state index contributed by atoms with van der Waals surface area (Å²) in [7, 11) is 0. The highest BCUT2D eigenvalue weighted by molar-refractivity contribution is 5.60. The van der Waals surface area contributed by atoms with Crippen LogP contribution in [0.15, 0.2) is 64.4 Å². The van der Waals surface area contributed by atoms with Crippen LogP contribution in [0.1, 0.15) is 146 Å². The predicted octanol–water partition coefficient (Wildman–Crippen LogP) is 10.5. The molecule has 10 unspecified atom stereocenters. The average molecular weight is 724 g/mol. The summed E-state index contributed by atoms with van der Waals surface area (Å²) in [5, 5.41) is 15.6. The van der Waals surface area contributed by atoms with Crippen LogP contribution < -0.4 is 5.32 Å². The van der Waals surface area contributed by atoms with E-state index < -0.39 is 0 Å². The summed E-state index contributed by atoms with van der Waals surface area (Å²) in [6, 6.07) is 4.40. The molecule has 0 bridgehead atoms. The van der Waals surface area contributed by atoms with Crippen molar-refractivity contribution in [3.8, 4) is 6.07 Å². The number of rotatable bonds is 5. The van der Waals surface area contributed by atoms with Crippen molar-refractivity contribution < 1.29 is 0 Å². The van der Waals surface area contributed by atoms with Gasteiger partial charge in [-0.15, -0.1) is 0 Å². The van der Waals surface area contributed by atoms with Gasteiger partial charge in [-0.3, -0.25) is 10.2 Å². The van der Waals surface area contributed by atoms with Crippen LogP contribution in [-0.4, -0.2) is 44.8 Å². The first-order valence-corrected chi connectivity index (χ1v) is 22.5. The summed E-state index contributed by atoms with van der Waals surface area (Å²) < 4.78 is 2.76. The van der Waals surface area contributed by atoms with E-state index in [2.05, 4.69) is 96.0 Å². The smallest absolute Gasteiger partial charge is 0.0867 e. The van der Waals surface area contributed by atoms with E-state index in [1.165, 1.54) is 100 Å². The Morgan fingerprint density at radius 2 is 1.69 bits per heavy atom. The Hall–Kier alpha value is -3.07. The maximum atomic E-state index is 11.3. The molecule has 1 saturated heterocycles. The quantitative estimate of drug-likeness (QED) is 0.307. The van der Waals surface area contributed by atoms with Crippen LogP contribution in [-0.2, 0) is 19.3 Å². The Bertz CT molecular complexity index is 1890. The van der Waals surface area contributed by atoms with Gasteiger partial charge in [0.2, 0.25) is 0 Å². The molecule has 0 spiro atoms. The lowest BCUT2D eigenvalue weighted by Gasteiger charge is -2.60. The van der Waals surface area contributed by atoms with Crippen molar-refractivity contribution in [2.45, 2.75) is 173 Å². The molecule has 0 aromatic carbocycles. The van der Waals surface area contributed by atoms with E-state index in [4.69, 9.17) is 0 Å². The number of hydrogen-bond donors (Lipinski definition) is 1. The lowest BCUT2D eigenvalue weighted by Crippen LogP contribution is -2.76. The zero-order valence-electron chi connectivity index (χ0n) is 33.7. The van der Waals surface area contributed by atoms with Crippen molar-refractivity contribution in [2.24, 2.45) is 29.6 Å². The van der Waals surface area contributed by atoms with Crippen molar-refractivity contribution in [1.29, 1.82) is 5.26 Å². The first-order valence-electron chi connectivity index (χ1n) is 22.5. The summed E-state index contributed by atoms with van der Waals surface area (Å²) >= 11 is 0. The van der Waals surface area contributed by atoms with Crippen molar-refractivity contribution in [1.82, 2.24) is 19.7 Å². The molecule has 1 aromatic heterocycles. The number of hydrogen-bond acceptors (Lipinski definition) is 4. The minimum atomic E-state index is -0.140. The zero-order valence-corrected chi connectivity index (χ0v) is 33.7. The lowest BCUT2D eigenvalue weighted by molar-refractivity contribution is -0.0907. The van der Waals surface area contributed by atoms with Crippen LogP contribution in [0.25, 0.3) is 6.08 Å². The number of fused-ring (bicyclic) bond motifs is 5. The molecule has 2 aliphatic heterocycles. The molecular formula is C49H65N5. The fraction of sp³-hybridized carbons (Fsp3) is 0.653. The minimum Gasteiger partial charge on any atom is -0.357 e. The molecule has 10 rings (SSSR count). The summed E-state index contributed by atoms with van der Waals surface area (Å²) in [5.41, 5.74) is 14.1. The van der Waals surface area contributed by atoms with Crippen LogP contribution in [0.4, 0.5) is 0 Å². The van der Waals surface area contributed by atoms with Crippen molar-refractivity contribution in [3.05, 3.63) is 87.0 Å². The second kappa shape index (κ2) is 14.1. The highest BCUT2D eigenvalue weighted by atomic mass is 15.5. The van der Waals surface area contributed by atoms with Crippen molar-refractivity contribution in [3.63, 3.8) is 0 Å². The molecular weight excluding hydrogens is 659 g/mol. The van der Waals surface area contributed by atoms with Crippen LogP contribution in [0.5, 0.6) is 0 Å². The van der Waals surface area contributed by atoms with E-state index in [-0.39, 0.29) is 24.2 Å². The second-order valence-corrected chi connectivity index (χ2v) is 19.2. The van der Waals surface area contributed by atoms with E-state index in [9.17, 15) is 5.26 Å². The molecule has 3 heterocycles. The molecule has 0 amide bonds. The SMILES string of the molecule is CC1=CC(C)CC2=C1N(C1CC(n3c4c(c5c3CCCC5)CCC=C4)C(C#N)C=C1C1NC(C3CC=CCC3)N1C1CCCCC1)C1C(C)=CC(C)CC21. The Kier molecular flexibility index (Phi) is 9.26. The second-order valence-electron chi connectivity index (χ2n) is 19.2. The normalized spacial score (nSPS) is 38.1. The lowest BCUT2D eigenvalue weighted by atomic mass is 9.73. The third-order valence-corrected chi connectivity index (χ3v) is 15.7. The monoisotopic (exact) mass is 724 g/mol. The molecule has 1 N–H and O–H groups in total. The summed E-state index contributed by atoms with van der Waals surface area (Å²) in [4.78, 5) is 5.98. The Labute approximate surface area is 326 Å². The molecule has 10 atom stereocenters. The van der Waals surface area contributed by atoms with Gasteiger partial charge in [0, 0.05) is 29.0 Å². The molecule has 0 radical (unpaired) electrons. The number of aromatic nitrogens is 1. The molecule has 286 valence electrons. The predicted molar refractivity (Wildman–Crippen MR) is 220 cm³/mol. The van der Waals surface area contributed by atoms with Gasteiger partial charge in [-0.25, -0.2) is 0 Å². The number of nitriles is 1. The third kappa shape index (κ3) is 5.66. The van der Waals surface area contributed by atoms with E-state index in [1.54, 1.807) is 33.7 Å². The van der Waals surface area contributed by atoms with Crippen LogP contribution >= 0.6 is 0 Å². The van der Waals surface area contributed by atoms with Crippen molar-refractivity contribution >= 4 is 6.08 Å². The van der Waals surface area contributed by atoms with Crippen molar-refractivity contribution in [2.75, 3.05) is 0 Å². The highest BCUT2D eigenvalue weighted by Crippen LogP contribution is 2.55. The summed E-state index contributed by atoms with van der Waals surface area (Å²) in [6.45, 7) is 9.76. The van der Waals surface area contributed by atoms with Gasteiger partial charge in [-0.05, 0) is 155 Å². The largest absolute Gasteiger partial charge is 0.357 e. The van der Waals surface area contributed by atoms with Gasteiger partial charge in [-0.2, -0.15) is 5.26 Å². The first-order chi connectivity index (χ1) is 26.4. The number of allylic oxidation sites excluding steroid dienone is 7. The Morgan fingerprint density at radius 1 is 0.833 bits per heavy atom. The number of nitrogens with zero attached hydrogens (tertiary/aromatic N) is 4. The highest BCUT2D eigenvalue weighted by Gasteiger charge is 2.55. The first kappa shape index (κ1) is 35.4. The van der Waals surface area contributed by atoms with E-state index in [1.807, 2.05) is 0 Å². The maximum absolute atomic E-state index is 11.3. The van der Waals surface area contributed by atoms with Gasteiger partial charge in [0.25, 0.3) is 0 Å². The van der Waals surface area contributed by atoms with Gasteiger partial charge >= 0.3 is 0 Å². The number of nitrogens with one attached hydrogen (secondary N) is 1. The molecule has 7 aliphatic carbocycles. The molecule has 5 nitrogen and oxygen atoms in total. The molecule has 1 aromatic rings. The third-order valence-electron chi connectivity index (χ3n) is 15.7. The molecule has 9 aliphatic rings. The topological polar surface area (TPSA) is 47.2 Å². The molecule has 5 heteroatoms. The fourth-order valence-electron chi connectivity index (χ4n) is 13.7. The molecule has 2 fully saturated rings. The van der Waals surface area contributed by atoms with Gasteiger partial charge < -0.3 is 9.47 Å². The van der Waals surface area contributed by atoms with Gasteiger partial charge in [0.1, 0.15) is 0 Å². The Balaban J connectivity index is 1.13. The Morgan fingerprint density at radius 3 is 2.50 bits per heavy atom. The minimum absolute atomic E-state index is 0.140.